The van der Waals surface area contributed by atoms with Crippen molar-refractivity contribution in [2.45, 2.75) is 0 Å². The Morgan fingerprint density at radius 1 is 1.07 bits per heavy atom. The molecule has 0 aliphatic carbocycles. The zero-order chi connectivity index (χ0) is 20.1. The van der Waals surface area contributed by atoms with E-state index in [0.717, 1.165) is 24.3 Å². The van der Waals surface area contributed by atoms with E-state index in [1.54, 1.807) is 13.2 Å². The Morgan fingerprint density at radius 2 is 1.79 bits per heavy atom. The first-order valence-corrected chi connectivity index (χ1v) is 9.40. The summed E-state index contributed by atoms with van der Waals surface area (Å²) in [6.45, 7) is 2.73. The highest BCUT2D eigenvalue weighted by molar-refractivity contribution is 5.89. The first-order valence-electron chi connectivity index (χ1n) is 9.40. The average Bonchev–Trinajstić information content (AvgIpc) is 3.24. The van der Waals surface area contributed by atoms with E-state index >= 15 is 0 Å². The highest BCUT2D eigenvalue weighted by Crippen LogP contribution is 2.28. The molecule has 0 bridgehead atoms. The number of ether oxygens (including phenoxy) is 2. The van der Waals surface area contributed by atoms with Crippen LogP contribution in [-0.4, -0.2) is 48.2 Å². The molecule has 7 heteroatoms. The van der Waals surface area contributed by atoms with Crippen molar-refractivity contribution in [1.82, 2.24) is 14.8 Å². The predicted octanol–water partition coefficient (Wildman–Crippen LogP) is 3.18. The molecule has 29 heavy (non-hydrogen) atoms. The average molecular weight is 387 g/mol. The summed E-state index contributed by atoms with van der Waals surface area (Å²) in [5, 5.41) is 18.7. The van der Waals surface area contributed by atoms with Crippen LogP contribution in [0.1, 0.15) is 11.4 Å². The number of hydrogen-bond acceptors (Lipinski definition) is 6. The fraction of sp³-hybridized carbons (Fsp3) is 0.227. The lowest BCUT2D eigenvalue weighted by Gasteiger charge is -2.28. The summed E-state index contributed by atoms with van der Waals surface area (Å²) in [5.41, 5.74) is 2.11. The number of anilines is 1. The molecule has 1 aliphatic heterocycles. The molecule has 0 radical (unpaired) electrons. The zero-order valence-electron chi connectivity index (χ0n) is 16.2. The van der Waals surface area contributed by atoms with Gasteiger partial charge >= 0.3 is 0 Å². The summed E-state index contributed by atoms with van der Waals surface area (Å²) in [4.78, 5) is 2.13. The summed E-state index contributed by atoms with van der Waals surface area (Å²) in [7, 11) is 1.61. The van der Waals surface area contributed by atoms with Gasteiger partial charge in [0.15, 0.2) is 5.82 Å². The summed E-state index contributed by atoms with van der Waals surface area (Å²) in [5.74, 6) is 1.89. The highest BCUT2D eigenvalue weighted by Gasteiger charge is 2.23. The molecule has 0 amide bonds. The molecule has 0 spiro atoms. The van der Waals surface area contributed by atoms with Gasteiger partial charge in [-0.2, -0.15) is 5.26 Å². The lowest BCUT2D eigenvalue weighted by Crippen LogP contribution is -2.38. The van der Waals surface area contributed by atoms with Crippen LogP contribution in [0.2, 0.25) is 0 Å². The van der Waals surface area contributed by atoms with E-state index < -0.39 is 0 Å². The van der Waals surface area contributed by atoms with Crippen molar-refractivity contribution >= 4 is 17.6 Å². The summed E-state index contributed by atoms with van der Waals surface area (Å²) < 4.78 is 12.8. The number of benzene rings is 2. The van der Waals surface area contributed by atoms with Gasteiger partial charge < -0.3 is 14.4 Å². The number of allylic oxidation sites excluding steroid dienone is 1. The first-order chi connectivity index (χ1) is 14.3. The van der Waals surface area contributed by atoms with E-state index in [1.807, 2.05) is 59.2 Å². The van der Waals surface area contributed by atoms with Gasteiger partial charge in [-0.3, -0.25) is 4.57 Å². The van der Waals surface area contributed by atoms with E-state index in [2.05, 4.69) is 21.2 Å². The number of morpholine rings is 1. The maximum absolute atomic E-state index is 9.92. The third-order valence-electron chi connectivity index (χ3n) is 4.75. The third-order valence-corrected chi connectivity index (χ3v) is 4.75. The van der Waals surface area contributed by atoms with Crippen LogP contribution in [0.25, 0.3) is 17.3 Å². The molecule has 1 fully saturated rings. The highest BCUT2D eigenvalue weighted by atomic mass is 16.5. The molecule has 4 rings (SSSR count). The number of nitrogens with zero attached hydrogens (tertiary/aromatic N) is 5. The van der Waals surface area contributed by atoms with Gasteiger partial charge in [0, 0.05) is 18.7 Å². The molecule has 2 heterocycles. The van der Waals surface area contributed by atoms with Crippen molar-refractivity contribution in [2.24, 2.45) is 0 Å². The van der Waals surface area contributed by atoms with Crippen LogP contribution in [0.5, 0.6) is 5.75 Å². The Bertz CT molecular complexity index is 1050. The Balaban J connectivity index is 1.85. The van der Waals surface area contributed by atoms with Gasteiger partial charge in [0.2, 0.25) is 5.95 Å². The minimum Gasteiger partial charge on any atom is -0.496 e. The molecular formula is C22H21N5O2. The molecule has 0 saturated carbocycles. The smallest absolute Gasteiger partial charge is 0.232 e. The van der Waals surface area contributed by atoms with Crippen molar-refractivity contribution < 1.29 is 9.47 Å². The number of para-hydroxylation sites is 2. The summed E-state index contributed by atoms with van der Waals surface area (Å²) >= 11 is 0. The molecular weight excluding hydrogens is 366 g/mol. The van der Waals surface area contributed by atoms with Crippen molar-refractivity contribution in [2.75, 3.05) is 38.3 Å². The quantitative estimate of drug-likeness (QED) is 0.626. The van der Waals surface area contributed by atoms with Gasteiger partial charge in [-0.05, 0) is 24.3 Å². The minimum absolute atomic E-state index is 0.408. The Labute approximate surface area is 169 Å². The molecule has 146 valence electrons. The molecule has 1 aromatic heterocycles. The normalized spacial score (nSPS) is 14.5. The van der Waals surface area contributed by atoms with Crippen molar-refractivity contribution in [1.29, 1.82) is 5.26 Å². The number of hydrogen-bond donors (Lipinski definition) is 0. The number of aromatic nitrogens is 3. The summed E-state index contributed by atoms with van der Waals surface area (Å²) in [6, 6.07) is 19.7. The van der Waals surface area contributed by atoms with Crippen molar-refractivity contribution in [3.63, 3.8) is 0 Å². The second kappa shape index (κ2) is 8.59. The van der Waals surface area contributed by atoms with E-state index in [0.29, 0.717) is 36.3 Å². The van der Waals surface area contributed by atoms with E-state index in [1.165, 1.54) is 0 Å². The second-order valence-corrected chi connectivity index (χ2v) is 6.51. The SMILES string of the molecule is COc1ccccc1/C=C(\C#N)c1nnc(N2CCOCC2)n1-c1ccccc1. The second-order valence-electron chi connectivity index (χ2n) is 6.51. The van der Waals surface area contributed by atoms with Crippen LogP contribution < -0.4 is 9.64 Å². The van der Waals surface area contributed by atoms with Gasteiger partial charge in [0.1, 0.15) is 11.8 Å². The van der Waals surface area contributed by atoms with Crippen molar-refractivity contribution in [3.05, 3.63) is 66.0 Å². The van der Waals surface area contributed by atoms with Crippen LogP contribution in [0.15, 0.2) is 54.6 Å². The van der Waals surface area contributed by atoms with Gasteiger partial charge in [0.25, 0.3) is 0 Å². The van der Waals surface area contributed by atoms with E-state index in [-0.39, 0.29) is 0 Å². The monoisotopic (exact) mass is 387 g/mol. The first kappa shape index (κ1) is 18.7. The number of nitriles is 1. The van der Waals surface area contributed by atoms with Crippen LogP contribution in [0, 0.1) is 11.3 Å². The van der Waals surface area contributed by atoms with Crippen molar-refractivity contribution in [3.8, 4) is 17.5 Å². The van der Waals surface area contributed by atoms with Crippen LogP contribution in [0.3, 0.4) is 0 Å². The third kappa shape index (κ3) is 3.84. The number of rotatable bonds is 5. The van der Waals surface area contributed by atoms with Gasteiger partial charge in [0.05, 0.1) is 31.6 Å². The Hall–Kier alpha value is -3.63. The number of methoxy groups -OCH3 is 1. The molecule has 0 unspecified atom stereocenters. The van der Waals surface area contributed by atoms with E-state index in [4.69, 9.17) is 9.47 Å². The van der Waals surface area contributed by atoms with Crippen LogP contribution >= 0.6 is 0 Å². The lowest BCUT2D eigenvalue weighted by atomic mass is 10.1. The van der Waals surface area contributed by atoms with E-state index in [9.17, 15) is 5.26 Å². The Kier molecular flexibility index (Phi) is 5.54. The maximum Gasteiger partial charge on any atom is 0.232 e. The lowest BCUT2D eigenvalue weighted by molar-refractivity contribution is 0.122. The van der Waals surface area contributed by atoms with Gasteiger partial charge in [-0.1, -0.05) is 36.4 Å². The zero-order valence-corrected chi connectivity index (χ0v) is 16.2. The molecule has 0 atom stereocenters. The minimum atomic E-state index is 0.408. The Morgan fingerprint density at radius 3 is 2.52 bits per heavy atom. The molecule has 2 aromatic carbocycles. The summed E-state index contributed by atoms with van der Waals surface area (Å²) in [6.07, 6.45) is 1.78. The van der Waals surface area contributed by atoms with Gasteiger partial charge in [-0.15, -0.1) is 10.2 Å². The fourth-order valence-corrected chi connectivity index (χ4v) is 3.32. The van der Waals surface area contributed by atoms with Gasteiger partial charge in [-0.25, -0.2) is 0 Å². The topological polar surface area (TPSA) is 76.2 Å². The fourth-order valence-electron chi connectivity index (χ4n) is 3.32. The maximum atomic E-state index is 9.92. The molecule has 1 saturated heterocycles. The molecule has 0 N–H and O–H groups in total. The molecule has 7 nitrogen and oxygen atoms in total. The molecule has 3 aromatic rings. The van der Waals surface area contributed by atoms with Crippen LogP contribution in [-0.2, 0) is 4.74 Å². The van der Waals surface area contributed by atoms with Crippen LogP contribution in [0.4, 0.5) is 5.95 Å². The molecule has 1 aliphatic rings. The predicted molar refractivity (Wildman–Crippen MR) is 111 cm³/mol. The largest absolute Gasteiger partial charge is 0.496 e. The standard InChI is InChI=1S/C22H21N5O2/c1-28-20-10-6-5-7-17(20)15-18(16-23)21-24-25-22(26-11-13-29-14-12-26)27(21)19-8-3-2-4-9-19/h2-10,15H,11-14H2,1H3/b18-15+.